The van der Waals surface area contributed by atoms with Crippen LogP contribution < -0.4 is 0 Å². The van der Waals surface area contributed by atoms with E-state index in [0.29, 0.717) is 10.7 Å². The molecule has 0 saturated carbocycles. The number of rotatable bonds is 2. The smallest absolute Gasteiger partial charge is 0.116 e. The van der Waals surface area contributed by atoms with Gasteiger partial charge in [0.05, 0.1) is 16.2 Å². The summed E-state index contributed by atoms with van der Waals surface area (Å²) >= 11 is 6.31. The van der Waals surface area contributed by atoms with Crippen molar-refractivity contribution in [3.8, 4) is 5.75 Å². The van der Waals surface area contributed by atoms with Crippen LogP contribution in [0.15, 0.2) is 60.7 Å². The van der Waals surface area contributed by atoms with E-state index >= 15 is 0 Å². The highest BCUT2D eigenvalue weighted by Gasteiger charge is 2.02. The lowest BCUT2D eigenvalue weighted by Gasteiger charge is -2.02. The predicted molar refractivity (Wildman–Crippen MR) is 83.6 cm³/mol. The van der Waals surface area contributed by atoms with Gasteiger partial charge < -0.3 is 5.11 Å². The molecule has 0 aliphatic heterocycles. The predicted octanol–water partition coefficient (Wildman–Crippen LogP) is 4.68. The summed E-state index contributed by atoms with van der Waals surface area (Å²) in [5, 5.41) is 11.1. The summed E-state index contributed by atoms with van der Waals surface area (Å²) < 4.78 is 0. The summed E-state index contributed by atoms with van der Waals surface area (Å²) in [5.74, 6) is 0.217. The van der Waals surface area contributed by atoms with E-state index in [4.69, 9.17) is 11.6 Å². The van der Waals surface area contributed by atoms with E-state index in [9.17, 15) is 5.11 Å². The maximum absolute atomic E-state index is 9.45. The van der Waals surface area contributed by atoms with Gasteiger partial charge in [0.2, 0.25) is 0 Å². The van der Waals surface area contributed by atoms with Crippen molar-refractivity contribution in [1.29, 1.82) is 0 Å². The summed E-state index contributed by atoms with van der Waals surface area (Å²) in [6.07, 6.45) is 1.79. The van der Waals surface area contributed by atoms with Crippen molar-refractivity contribution < 1.29 is 5.11 Å². The second kappa shape index (κ2) is 5.35. The average molecular weight is 282 g/mol. The third-order valence-electron chi connectivity index (χ3n) is 3.01. The lowest BCUT2D eigenvalue weighted by atomic mass is 10.1. The molecule has 3 rings (SSSR count). The first kappa shape index (κ1) is 12.7. The number of fused-ring (bicyclic) bond motifs is 1. The van der Waals surface area contributed by atoms with Gasteiger partial charge in [-0.2, -0.15) is 0 Å². The minimum absolute atomic E-state index is 0.217. The first-order chi connectivity index (χ1) is 9.72. The second-order valence-corrected chi connectivity index (χ2v) is 4.88. The van der Waals surface area contributed by atoms with Crippen LogP contribution in [-0.2, 0) is 0 Å². The number of halogens is 1. The fourth-order valence-corrected chi connectivity index (χ4v) is 2.27. The number of pyridine rings is 1. The van der Waals surface area contributed by atoms with Crippen molar-refractivity contribution in [2.45, 2.75) is 0 Å². The Balaban J connectivity index is 2.01. The maximum Gasteiger partial charge on any atom is 0.116 e. The molecule has 3 aromatic rings. The fraction of sp³-hybridized carbons (Fsp3) is 0. The highest BCUT2D eigenvalue weighted by Crippen LogP contribution is 2.24. The third-order valence-corrected chi connectivity index (χ3v) is 3.31. The third kappa shape index (κ3) is 2.65. The lowest BCUT2D eigenvalue weighted by Crippen LogP contribution is -1.86. The van der Waals surface area contributed by atoms with Crippen LogP contribution in [0, 0.1) is 0 Å². The Bertz CT molecular complexity index is 796. The number of nitrogens with zero attached hydrogens (tertiary/aromatic N) is 1. The molecule has 20 heavy (non-hydrogen) atoms. The van der Waals surface area contributed by atoms with Crippen LogP contribution >= 0.6 is 11.6 Å². The van der Waals surface area contributed by atoms with Gasteiger partial charge in [-0.25, -0.2) is 4.98 Å². The van der Waals surface area contributed by atoms with Crippen LogP contribution in [0.1, 0.15) is 11.3 Å². The number of aromatic hydroxyl groups is 1. The standard InChI is InChI=1S/C17H12ClNO/c18-15(11-12-4-3-6-14(20)10-12)17-9-8-13-5-1-2-7-16(13)19-17/h1-11,20H/b15-11-. The Morgan fingerprint density at radius 2 is 1.85 bits per heavy atom. The zero-order chi connectivity index (χ0) is 13.9. The molecular weight excluding hydrogens is 270 g/mol. The van der Waals surface area contributed by atoms with Crippen LogP contribution in [0.4, 0.5) is 0 Å². The molecule has 0 radical (unpaired) electrons. The molecule has 1 N–H and O–H groups in total. The Morgan fingerprint density at radius 1 is 1.00 bits per heavy atom. The van der Waals surface area contributed by atoms with Gasteiger partial charge in [-0.05, 0) is 35.9 Å². The van der Waals surface area contributed by atoms with Crippen molar-refractivity contribution in [3.05, 3.63) is 71.9 Å². The minimum Gasteiger partial charge on any atom is -0.508 e. The number of benzene rings is 2. The molecule has 2 nitrogen and oxygen atoms in total. The van der Waals surface area contributed by atoms with E-state index in [1.807, 2.05) is 42.5 Å². The number of hydrogen-bond acceptors (Lipinski definition) is 2. The maximum atomic E-state index is 9.45. The summed E-state index contributed by atoms with van der Waals surface area (Å²) in [4.78, 5) is 4.53. The molecule has 0 bridgehead atoms. The normalized spacial score (nSPS) is 11.8. The number of para-hydroxylation sites is 1. The molecule has 1 heterocycles. The van der Waals surface area contributed by atoms with E-state index in [-0.39, 0.29) is 5.75 Å². The molecule has 1 aromatic heterocycles. The molecule has 0 atom stereocenters. The number of phenols is 1. The fourth-order valence-electron chi connectivity index (χ4n) is 2.03. The molecule has 2 aromatic carbocycles. The number of phenolic OH excluding ortho intramolecular Hbond substituents is 1. The minimum atomic E-state index is 0.217. The molecule has 0 aliphatic rings. The molecular formula is C17H12ClNO. The monoisotopic (exact) mass is 281 g/mol. The first-order valence-electron chi connectivity index (χ1n) is 6.25. The van der Waals surface area contributed by atoms with Gasteiger partial charge in [-0.15, -0.1) is 0 Å². The van der Waals surface area contributed by atoms with Gasteiger partial charge in [-0.1, -0.05) is 48.0 Å². The van der Waals surface area contributed by atoms with Crippen molar-refractivity contribution in [3.63, 3.8) is 0 Å². The molecule has 3 heteroatoms. The zero-order valence-electron chi connectivity index (χ0n) is 10.6. The Morgan fingerprint density at radius 3 is 2.70 bits per heavy atom. The van der Waals surface area contributed by atoms with E-state index in [1.54, 1.807) is 24.3 Å². The second-order valence-electron chi connectivity index (χ2n) is 4.48. The number of hydrogen-bond donors (Lipinski definition) is 1. The Labute approximate surface area is 122 Å². The molecule has 0 amide bonds. The van der Waals surface area contributed by atoms with E-state index in [0.717, 1.165) is 16.5 Å². The van der Waals surface area contributed by atoms with Crippen molar-refractivity contribution >= 4 is 33.6 Å². The highest BCUT2D eigenvalue weighted by molar-refractivity contribution is 6.51. The van der Waals surface area contributed by atoms with Gasteiger partial charge >= 0.3 is 0 Å². The van der Waals surface area contributed by atoms with Crippen LogP contribution in [-0.4, -0.2) is 10.1 Å². The summed E-state index contributed by atoms with van der Waals surface area (Å²) in [6.45, 7) is 0. The van der Waals surface area contributed by atoms with E-state index < -0.39 is 0 Å². The topological polar surface area (TPSA) is 33.1 Å². The van der Waals surface area contributed by atoms with Gasteiger partial charge in [0, 0.05) is 5.39 Å². The van der Waals surface area contributed by atoms with Crippen LogP contribution in [0.5, 0.6) is 5.75 Å². The van der Waals surface area contributed by atoms with E-state index in [2.05, 4.69) is 4.98 Å². The van der Waals surface area contributed by atoms with Crippen LogP contribution in [0.3, 0.4) is 0 Å². The molecule has 0 unspecified atom stereocenters. The van der Waals surface area contributed by atoms with E-state index in [1.165, 1.54) is 0 Å². The summed E-state index contributed by atoms with van der Waals surface area (Å²) in [5.41, 5.74) is 2.46. The van der Waals surface area contributed by atoms with Crippen LogP contribution in [0.25, 0.3) is 22.0 Å². The summed E-state index contributed by atoms with van der Waals surface area (Å²) in [6, 6.07) is 18.7. The SMILES string of the molecule is Oc1cccc(/C=C(\Cl)c2ccc3ccccc3n2)c1. The average Bonchev–Trinajstić information content (AvgIpc) is 2.47. The molecule has 0 spiro atoms. The summed E-state index contributed by atoms with van der Waals surface area (Å²) in [7, 11) is 0. The van der Waals surface area contributed by atoms with Gasteiger partial charge in [0.25, 0.3) is 0 Å². The van der Waals surface area contributed by atoms with Gasteiger partial charge in [-0.3, -0.25) is 0 Å². The van der Waals surface area contributed by atoms with Crippen molar-refractivity contribution in [2.75, 3.05) is 0 Å². The molecule has 0 fully saturated rings. The molecule has 0 aliphatic carbocycles. The quantitative estimate of drug-likeness (QED) is 0.740. The zero-order valence-corrected chi connectivity index (χ0v) is 11.4. The van der Waals surface area contributed by atoms with Crippen molar-refractivity contribution in [2.24, 2.45) is 0 Å². The largest absolute Gasteiger partial charge is 0.508 e. The number of aromatic nitrogens is 1. The van der Waals surface area contributed by atoms with Gasteiger partial charge in [0.1, 0.15) is 5.75 Å². The van der Waals surface area contributed by atoms with Crippen LogP contribution in [0.2, 0.25) is 0 Å². The molecule has 0 saturated heterocycles. The van der Waals surface area contributed by atoms with Gasteiger partial charge in [0.15, 0.2) is 0 Å². The Hall–Kier alpha value is -2.32. The molecule has 98 valence electrons. The Kier molecular flexibility index (Phi) is 3.40. The first-order valence-corrected chi connectivity index (χ1v) is 6.62. The van der Waals surface area contributed by atoms with Crippen molar-refractivity contribution in [1.82, 2.24) is 4.98 Å². The highest BCUT2D eigenvalue weighted by atomic mass is 35.5. The lowest BCUT2D eigenvalue weighted by molar-refractivity contribution is 0.475.